The highest BCUT2D eigenvalue weighted by molar-refractivity contribution is 7.80. The van der Waals surface area contributed by atoms with Crippen molar-refractivity contribution in [1.29, 1.82) is 0 Å². The molecule has 2 aromatic carbocycles. The minimum absolute atomic E-state index is 0.0923. The molecule has 30 heavy (non-hydrogen) atoms. The summed E-state index contributed by atoms with van der Waals surface area (Å²) in [5.74, 6) is -0.629. The zero-order valence-electron chi connectivity index (χ0n) is 16.5. The predicted octanol–water partition coefficient (Wildman–Crippen LogP) is 2.17. The fraction of sp³-hybridized carbons (Fsp3) is 0.364. The molecule has 1 heterocycles. The minimum atomic E-state index is -1.02. The molecule has 5 unspecified atom stereocenters. The van der Waals surface area contributed by atoms with Gasteiger partial charge in [0.2, 0.25) is 5.91 Å². The third-order valence-electron chi connectivity index (χ3n) is 5.91. The number of hydrogen-bond donors (Lipinski definition) is 3. The molecule has 5 atom stereocenters. The summed E-state index contributed by atoms with van der Waals surface area (Å²) in [7, 11) is 1.76. The Morgan fingerprint density at radius 2 is 1.87 bits per heavy atom. The Balaban J connectivity index is 1.64. The molecule has 1 saturated heterocycles. The van der Waals surface area contributed by atoms with Gasteiger partial charge in [0, 0.05) is 24.3 Å². The van der Waals surface area contributed by atoms with Crippen LogP contribution in [0.4, 0.5) is 5.69 Å². The molecule has 6 nitrogen and oxygen atoms in total. The van der Waals surface area contributed by atoms with E-state index in [9.17, 15) is 15.0 Å². The molecule has 0 spiro atoms. The number of hydrogen-bond acceptors (Lipinski definition) is 4. The summed E-state index contributed by atoms with van der Waals surface area (Å²) < 4.78 is 0. The van der Waals surface area contributed by atoms with Gasteiger partial charge in [-0.15, -0.1) is 0 Å². The maximum atomic E-state index is 13.4. The van der Waals surface area contributed by atoms with Crippen LogP contribution in [0, 0.1) is 5.92 Å². The van der Waals surface area contributed by atoms with E-state index in [0.717, 1.165) is 11.3 Å². The van der Waals surface area contributed by atoms with Gasteiger partial charge < -0.3 is 25.3 Å². The second-order valence-electron chi connectivity index (χ2n) is 7.89. The van der Waals surface area contributed by atoms with Gasteiger partial charge in [0.1, 0.15) is 6.10 Å². The van der Waals surface area contributed by atoms with Gasteiger partial charge in [0.05, 0.1) is 24.1 Å². The van der Waals surface area contributed by atoms with Crippen molar-refractivity contribution in [1.82, 2.24) is 10.2 Å². The molecule has 0 bridgehead atoms. The summed E-state index contributed by atoms with van der Waals surface area (Å²) in [5.41, 5.74) is 1.81. The van der Waals surface area contributed by atoms with Crippen LogP contribution in [-0.2, 0) is 11.3 Å². The van der Waals surface area contributed by atoms with Gasteiger partial charge in [-0.05, 0) is 48.5 Å². The molecular weight excluding hydrogens is 422 g/mol. The Labute approximate surface area is 186 Å². The first-order valence-corrected chi connectivity index (χ1v) is 10.7. The van der Waals surface area contributed by atoms with Crippen LogP contribution >= 0.6 is 23.8 Å². The maximum Gasteiger partial charge on any atom is 0.228 e. The molecular formula is C22H24ClN3O3S. The molecule has 4 rings (SSSR count). The molecule has 8 heteroatoms. The zero-order valence-corrected chi connectivity index (χ0v) is 18.1. The lowest BCUT2D eigenvalue weighted by Crippen LogP contribution is -2.61. The van der Waals surface area contributed by atoms with E-state index in [2.05, 4.69) is 5.32 Å². The third kappa shape index (κ3) is 3.90. The van der Waals surface area contributed by atoms with Crippen molar-refractivity contribution in [3.63, 3.8) is 0 Å². The number of nitrogens with zero attached hydrogens (tertiary/aromatic N) is 2. The number of rotatable bonds is 4. The van der Waals surface area contributed by atoms with Gasteiger partial charge in [-0.25, -0.2) is 0 Å². The lowest BCUT2D eigenvalue weighted by atomic mass is 9.77. The number of fused-ring (bicyclic) bond motifs is 1. The van der Waals surface area contributed by atoms with Gasteiger partial charge in [0.25, 0.3) is 0 Å². The standard InChI is InChI=1S/C22H24ClN3O3S/c1-25(12-13-5-3-2-4-6-13)21(29)16-11-17(27)20(28)18-19(16)26(22(30)24-18)15-9-7-14(23)8-10-15/h2-10,16-20,27-28H,11-12H2,1H3,(H,24,30). The van der Waals surface area contributed by atoms with Crippen molar-refractivity contribution in [2.24, 2.45) is 5.92 Å². The SMILES string of the molecule is CN(Cc1ccccc1)C(=O)C1CC(O)C(O)C2NC(=S)N(c3ccc(Cl)cc3)C12. The molecule has 3 N–H and O–H groups in total. The first kappa shape index (κ1) is 21.1. The number of amides is 1. The van der Waals surface area contributed by atoms with Crippen molar-refractivity contribution in [3.8, 4) is 0 Å². The summed E-state index contributed by atoms with van der Waals surface area (Å²) >= 11 is 11.6. The number of thiocarbonyl (C=S) groups is 1. The highest BCUT2D eigenvalue weighted by atomic mass is 35.5. The second kappa shape index (κ2) is 8.51. The van der Waals surface area contributed by atoms with Gasteiger partial charge in [0.15, 0.2) is 5.11 Å². The molecule has 0 aromatic heterocycles. The number of nitrogens with one attached hydrogen (secondary N) is 1. The average Bonchev–Trinajstić information content (AvgIpc) is 3.09. The van der Waals surface area contributed by atoms with E-state index >= 15 is 0 Å². The van der Waals surface area contributed by atoms with Gasteiger partial charge >= 0.3 is 0 Å². The summed E-state index contributed by atoms with van der Waals surface area (Å²) in [4.78, 5) is 17.0. The first-order chi connectivity index (χ1) is 14.4. The van der Waals surface area contributed by atoms with Crippen LogP contribution in [0.5, 0.6) is 0 Å². The Morgan fingerprint density at radius 1 is 1.20 bits per heavy atom. The molecule has 1 aliphatic heterocycles. The number of aliphatic hydroxyl groups is 2. The second-order valence-corrected chi connectivity index (χ2v) is 8.72. The van der Waals surface area contributed by atoms with E-state index in [0.29, 0.717) is 16.7 Å². The number of carbonyl (C=O) groups is 1. The number of carbonyl (C=O) groups excluding carboxylic acids is 1. The first-order valence-electron chi connectivity index (χ1n) is 9.87. The maximum absolute atomic E-state index is 13.4. The van der Waals surface area contributed by atoms with Crippen LogP contribution in [0.3, 0.4) is 0 Å². The largest absolute Gasteiger partial charge is 0.390 e. The van der Waals surface area contributed by atoms with E-state index in [1.165, 1.54) is 0 Å². The van der Waals surface area contributed by atoms with Crippen LogP contribution in [0.2, 0.25) is 5.02 Å². The van der Waals surface area contributed by atoms with Crippen LogP contribution in [0.1, 0.15) is 12.0 Å². The molecule has 2 fully saturated rings. The Kier molecular flexibility index (Phi) is 5.97. The average molecular weight is 446 g/mol. The Bertz CT molecular complexity index is 927. The van der Waals surface area contributed by atoms with E-state index in [4.69, 9.17) is 23.8 Å². The van der Waals surface area contributed by atoms with Crippen molar-refractivity contribution in [3.05, 3.63) is 65.2 Å². The lowest BCUT2D eigenvalue weighted by Gasteiger charge is -2.42. The van der Waals surface area contributed by atoms with Crippen LogP contribution in [0.15, 0.2) is 54.6 Å². The Hall–Kier alpha value is -2.19. The zero-order chi connectivity index (χ0) is 21.4. The topological polar surface area (TPSA) is 76.0 Å². The summed E-state index contributed by atoms with van der Waals surface area (Å²) in [6.45, 7) is 0.463. The molecule has 2 aliphatic rings. The lowest BCUT2D eigenvalue weighted by molar-refractivity contribution is -0.141. The highest BCUT2D eigenvalue weighted by Gasteiger charge is 2.54. The van der Waals surface area contributed by atoms with Gasteiger partial charge in [-0.1, -0.05) is 41.9 Å². The monoisotopic (exact) mass is 445 g/mol. The minimum Gasteiger partial charge on any atom is -0.390 e. The van der Waals surface area contributed by atoms with Crippen molar-refractivity contribution in [2.45, 2.75) is 37.3 Å². The van der Waals surface area contributed by atoms with Crippen LogP contribution in [-0.4, -0.2) is 57.5 Å². The smallest absolute Gasteiger partial charge is 0.228 e. The summed E-state index contributed by atoms with van der Waals surface area (Å²) in [6, 6.07) is 16.0. The fourth-order valence-corrected chi connectivity index (χ4v) is 4.93. The summed E-state index contributed by atoms with van der Waals surface area (Å²) in [5, 5.41) is 25.2. The number of benzene rings is 2. The molecule has 0 radical (unpaired) electrons. The number of anilines is 1. The number of halogens is 1. The van der Waals surface area contributed by atoms with E-state index in [1.807, 2.05) is 47.4 Å². The van der Waals surface area contributed by atoms with Crippen LogP contribution in [0.25, 0.3) is 0 Å². The summed E-state index contributed by atoms with van der Waals surface area (Å²) in [6.07, 6.45) is -1.87. The molecule has 1 amide bonds. The van der Waals surface area contributed by atoms with E-state index < -0.39 is 30.2 Å². The normalized spacial score (nSPS) is 28.1. The van der Waals surface area contributed by atoms with Gasteiger partial charge in [-0.3, -0.25) is 4.79 Å². The van der Waals surface area contributed by atoms with E-state index in [1.54, 1.807) is 24.1 Å². The molecule has 2 aromatic rings. The van der Waals surface area contributed by atoms with E-state index in [-0.39, 0.29) is 12.3 Å². The van der Waals surface area contributed by atoms with Crippen molar-refractivity contribution >= 4 is 40.5 Å². The molecule has 158 valence electrons. The predicted molar refractivity (Wildman–Crippen MR) is 120 cm³/mol. The quantitative estimate of drug-likeness (QED) is 0.626. The highest BCUT2D eigenvalue weighted by Crippen LogP contribution is 2.37. The van der Waals surface area contributed by atoms with Crippen molar-refractivity contribution in [2.75, 3.05) is 11.9 Å². The van der Waals surface area contributed by atoms with Crippen molar-refractivity contribution < 1.29 is 15.0 Å². The number of aliphatic hydroxyl groups excluding tert-OH is 2. The molecule has 1 aliphatic carbocycles. The third-order valence-corrected chi connectivity index (χ3v) is 6.47. The molecule has 1 saturated carbocycles. The Morgan fingerprint density at radius 3 is 2.53 bits per heavy atom. The van der Waals surface area contributed by atoms with Crippen LogP contribution < -0.4 is 10.2 Å². The van der Waals surface area contributed by atoms with Gasteiger partial charge in [-0.2, -0.15) is 0 Å². The fourth-order valence-electron chi connectivity index (χ4n) is 4.45.